The summed E-state index contributed by atoms with van der Waals surface area (Å²) in [4.78, 5) is 1.90. The van der Waals surface area contributed by atoms with Gasteiger partial charge >= 0.3 is 0 Å². The third-order valence-corrected chi connectivity index (χ3v) is 5.44. The highest BCUT2D eigenvalue weighted by atomic mass is 15.1. The van der Waals surface area contributed by atoms with E-state index in [0.717, 1.165) is 38.6 Å². The third kappa shape index (κ3) is 6.74. The number of amidine groups is 1. The second-order valence-electron chi connectivity index (χ2n) is 7.55. The summed E-state index contributed by atoms with van der Waals surface area (Å²) in [6.07, 6.45) is 11.0. The Labute approximate surface area is 177 Å². The second kappa shape index (κ2) is 12.1. The Morgan fingerprint density at radius 1 is 0.931 bits per heavy atom. The molecule has 0 radical (unpaired) electrons. The Hall–Kier alpha value is -2.61. The molecule has 0 aliphatic rings. The van der Waals surface area contributed by atoms with Crippen LogP contribution in [0.2, 0.25) is 0 Å². The highest BCUT2D eigenvalue weighted by Crippen LogP contribution is 2.25. The van der Waals surface area contributed by atoms with Gasteiger partial charge in [0, 0.05) is 13.0 Å². The van der Waals surface area contributed by atoms with E-state index in [2.05, 4.69) is 62.5 Å². The Bertz CT molecular complexity index is 802. The fraction of sp³-hybridized carbons (Fsp3) is 0.370. The molecule has 2 heteroatoms. The van der Waals surface area contributed by atoms with E-state index in [1.165, 1.54) is 40.7 Å². The maximum Gasteiger partial charge on any atom is 0.0997 e. The van der Waals surface area contributed by atoms with Crippen molar-refractivity contribution in [3.63, 3.8) is 0 Å². The lowest BCUT2D eigenvalue weighted by atomic mass is 9.94. The molecule has 0 bridgehead atoms. The Morgan fingerprint density at radius 3 is 2.28 bits per heavy atom. The molecule has 0 amide bonds. The third-order valence-electron chi connectivity index (χ3n) is 5.44. The van der Waals surface area contributed by atoms with Crippen LogP contribution < -0.4 is 0 Å². The van der Waals surface area contributed by atoms with Crippen molar-refractivity contribution >= 4 is 5.84 Å². The number of nitrogens with one attached hydrogen (secondary N) is 1. The van der Waals surface area contributed by atoms with E-state index in [-0.39, 0.29) is 0 Å². The molecule has 0 spiro atoms. The fourth-order valence-corrected chi connectivity index (χ4v) is 3.66. The molecule has 1 N–H and O–H groups in total. The minimum absolute atomic E-state index is 0.650. The molecule has 0 saturated carbocycles. The van der Waals surface area contributed by atoms with Gasteiger partial charge in [-0.1, -0.05) is 68.5 Å². The van der Waals surface area contributed by atoms with Crippen LogP contribution >= 0.6 is 0 Å². The molecular formula is C27H36N2. The lowest BCUT2D eigenvalue weighted by Gasteiger charge is -2.18. The second-order valence-corrected chi connectivity index (χ2v) is 7.55. The van der Waals surface area contributed by atoms with Crippen molar-refractivity contribution in [2.24, 2.45) is 0 Å². The molecule has 29 heavy (non-hydrogen) atoms. The molecule has 0 fully saturated rings. The molecular weight excluding hydrogens is 352 g/mol. The minimum atomic E-state index is 0.650. The van der Waals surface area contributed by atoms with E-state index in [9.17, 15) is 0 Å². The molecule has 2 rings (SSSR count). The van der Waals surface area contributed by atoms with Crippen molar-refractivity contribution in [1.82, 2.24) is 4.90 Å². The van der Waals surface area contributed by atoms with Gasteiger partial charge in [-0.3, -0.25) is 5.41 Å². The van der Waals surface area contributed by atoms with Crippen molar-refractivity contribution in [2.45, 2.75) is 58.8 Å². The van der Waals surface area contributed by atoms with Gasteiger partial charge in [0.25, 0.3) is 0 Å². The summed E-state index contributed by atoms with van der Waals surface area (Å²) in [7, 11) is 0. The summed E-state index contributed by atoms with van der Waals surface area (Å²) >= 11 is 0. The monoisotopic (exact) mass is 388 g/mol. The maximum absolute atomic E-state index is 8.12. The van der Waals surface area contributed by atoms with Gasteiger partial charge in [0.2, 0.25) is 0 Å². The van der Waals surface area contributed by atoms with Crippen LogP contribution in [-0.2, 0) is 19.3 Å². The average molecular weight is 389 g/mol. The zero-order valence-corrected chi connectivity index (χ0v) is 18.2. The lowest BCUT2D eigenvalue weighted by molar-refractivity contribution is 0.566. The van der Waals surface area contributed by atoms with Crippen molar-refractivity contribution in [3.05, 3.63) is 84.6 Å². The highest BCUT2D eigenvalue weighted by molar-refractivity contribution is 5.80. The van der Waals surface area contributed by atoms with Gasteiger partial charge in [0.05, 0.1) is 5.84 Å². The molecule has 2 nitrogen and oxygen atoms in total. The smallest absolute Gasteiger partial charge is 0.0997 e. The van der Waals surface area contributed by atoms with Crippen LogP contribution in [-0.4, -0.2) is 17.3 Å². The predicted molar refractivity (Wildman–Crippen MR) is 128 cm³/mol. The normalized spacial score (nSPS) is 10.6. The number of unbranched alkanes of at least 4 members (excludes halogenated alkanes) is 1. The number of hydrogen-bond donors (Lipinski definition) is 1. The lowest BCUT2D eigenvalue weighted by Crippen LogP contribution is -2.24. The zero-order valence-electron chi connectivity index (χ0n) is 18.2. The molecule has 0 aliphatic heterocycles. The summed E-state index contributed by atoms with van der Waals surface area (Å²) in [6, 6.07) is 15.8. The Morgan fingerprint density at radius 2 is 1.66 bits per heavy atom. The quantitative estimate of drug-likeness (QED) is 0.232. The molecule has 154 valence electrons. The first-order chi connectivity index (χ1) is 14.1. The molecule has 2 aromatic carbocycles. The van der Waals surface area contributed by atoms with Crippen molar-refractivity contribution in [3.8, 4) is 11.1 Å². The van der Waals surface area contributed by atoms with Gasteiger partial charge in [-0.15, -0.1) is 6.58 Å². The molecule has 2 aromatic rings. The predicted octanol–water partition coefficient (Wildman–Crippen LogP) is 7.19. The summed E-state index contributed by atoms with van der Waals surface area (Å²) in [5.74, 6) is 0.650. The molecule has 0 saturated heterocycles. The standard InChI is InChI=1S/C27H36N2/c1-5-9-13-23-19-20-26(21-25(23)11-6-2)24-17-15-22(16-18-24)12-10-14-27(28)29(7-3)8-4/h6-7,15-21,28H,2-3,5,8-14H2,1,4H3. The minimum Gasteiger partial charge on any atom is -0.338 e. The number of benzene rings is 2. The van der Waals surface area contributed by atoms with Crippen LogP contribution in [0.4, 0.5) is 0 Å². The summed E-state index contributed by atoms with van der Waals surface area (Å²) in [6.45, 7) is 12.8. The number of rotatable bonds is 12. The first-order valence-electron chi connectivity index (χ1n) is 10.9. The largest absolute Gasteiger partial charge is 0.338 e. The first-order valence-corrected chi connectivity index (χ1v) is 10.9. The van der Waals surface area contributed by atoms with Crippen LogP contribution in [0.5, 0.6) is 0 Å². The van der Waals surface area contributed by atoms with Crippen LogP contribution in [0.25, 0.3) is 11.1 Å². The molecule has 0 aliphatic carbocycles. The van der Waals surface area contributed by atoms with E-state index < -0.39 is 0 Å². The van der Waals surface area contributed by atoms with Gasteiger partial charge < -0.3 is 4.90 Å². The number of aryl methyl sites for hydroxylation is 2. The summed E-state index contributed by atoms with van der Waals surface area (Å²) in [5.41, 5.74) is 6.72. The van der Waals surface area contributed by atoms with Gasteiger partial charge in [-0.25, -0.2) is 0 Å². The SMILES string of the molecule is C=CCc1cc(-c2ccc(CCCC(=N)N(C=C)CC)cc2)ccc1CCCC. The van der Waals surface area contributed by atoms with Crippen LogP contribution in [0, 0.1) is 5.41 Å². The average Bonchev–Trinajstić information content (AvgIpc) is 2.74. The first kappa shape index (κ1) is 22.7. The van der Waals surface area contributed by atoms with Crippen molar-refractivity contribution < 1.29 is 0 Å². The number of allylic oxidation sites excluding steroid dienone is 1. The van der Waals surface area contributed by atoms with E-state index in [4.69, 9.17) is 5.41 Å². The summed E-state index contributed by atoms with van der Waals surface area (Å²) in [5, 5.41) is 8.12. The number of hydrogen-bond acceptors (Lipinski definition) is 1. The zero-order chi connectivity index (χ0) is 21.1. The van der Waals surface area contributed by atoms with Gasteiger partial charge in [-0.05, 0) is 73.0 Å². The Balaban J connectivity index is 2.02. The van der Waals surface area contributed by atoms with Crippen LogP contribution in [0.3, 0.4) is 0 Å². The van der Waals surface area contributed by atoms with Gasteiger partial charge in [0.1, 0.15) is 0 Å². The van der Waals surface area contributed by atoms with E-state index in [1.54, 1.807) is 6.20 Å². The highest BCUT2D eigenvalue weighted by Gasteiger charge is 2.06. The molecule has 0 atom stereocenters. The topological polar surface area (TPSA) is 27.1 Å². The van der Waals surface area contributed by atoms with Crippen LogP contribution in [0.1, 0.15) is 56.2 Å². The van der Waals surface area contributed by atoms with Gasteiger partial charge in [0.15, 0.2) is 0 Å². The maximum atomic E-state index is 8.12. The van der Waals surface area contributed by atoms with Crippen molar-refractivity contribution in [1.29, 1.82) is 5.41 Å². The Kier molecular flexibility index (Phi) is 9.43. The number of nitrogens with zero attached hydrogens (tertiary/aromatic N) is 1. The van der Waals surface area contributed by atoms with E-state index in [0.29, 0.717) is 5.84 Å². The van der Waals surface area contributed by atoms with Crippen LogP contribution in [0.15, 0.2) is 67.9 Å². The van der Waals surface area contributed by atoms with Gasteiger partial charge in [-0.2, -0.15) is 0 Å². The fourth-order valence-electron chi connectivity index (χ4n) is 3.66. The van der Waals surface area contributed by atoms with E-state index >= 15 is 0 Å². The molecule has 0 aromatic heterocycles. The van der Waals surface area contributed by atoms with E-state index in [1.807, 2.05) is 17.9 Å². The molecule has 0 unspecified atom stereocenters. The van der Waals surface area contributed by atoms with Crippen molar-refractivity contribution in [2.75, 3.05) is 6.54 Å². The summed E-state index contributed by atoms with van der Waals surface area (Å²) < 4.78 is 0. The molecule has 0 heterocycles.